The third-order valence-electron chi connectivity index (χ3n) is 1.49. The molecule has 2 N–H and O–H groups in total. The van der Waals surface area contributed by atoms with Gasteiger partial charge in [-0.15, -0.1) is 3.63 Å². The Hall–Kier alpha value is -0.454. The van der Waals surface area contributed by atoms with Crippen molar-refractivity contribution >= 4 is 20.4 Å². The smallest absolute Gasteiger partial charge is 0.204 e. The summed E-state index contributed by atoms with van der Waals surface area (Å²) < 4.78 is 47.3. The van der Waals surface area contributed by atoms with Crippen LogP contribution in [0.3, 0.4) is 0 Å². The van der Waals surface area contributed by atoms with Gasteiger partial charge in [0.1, 0.15) is 0 Å². The molecule has 9 heteroatoms. The second-order valence-corrected chi connectivity index (χ2v) is 5.74. The molecule has 0 amide bonds. The minimum atomic E-state index is -4.53. The van der Waals surface area contributed by atoms with E-state index in [1.165, 1.54) is 24.3 Å². The topological polar surface area (TPSA) is 104 Å². The molecular weight excluding hydrogens is 301 g/mol. The van der Waals surface area contributed by atoms with Gasteiger partial charge in [-0.25, -0.2) is 5.14 Å². The Morgan fingerprint density at radius 3 is 1.88 bits per heavy atom. The van der Waals surface area contributed by atoms with E-state index in [4.69, 9.17) is 0 Å². The third kappa shape index (κ3) is 4.59. The molecule has 0 aromatic heterocycles. The van der Waals surface area contributed by atoms with Crippen LogP contribution in [0.25, 0.3) is 0 Å². The van der Waals surface area contributed by atoms with Crippen LogP contribution in [0.1, 0.15) is 5.56 Å². The first-order valence-corrected chi connectivity index (χ1v) is 6.64. The molecule has 0 saturated carbocycles. The molecule has 0 spiro atoms. The third-order valence-corrected chi connectivity index (χ3v) is 3.82. The fourth-order valence-corrected chi connectivity index (χ4v) is 2.65. The number of rotatable bonds is 3. The number of nitrogens with two attached hydrogens (primary N) is 1. The maximum Gasteiger partial charge on any atom is 0.348 e. The summed E-state index contributed by atoms with van der Waals surface area (Å²) in [6.07, 6.45) is 0. The monoisotopic (exact) mass is 310 g/mol. The predicted molar refractivity (Wildman–Crippen MR) is 52.6 cm³/mol. The van der Waals surface area contributed by atoms with Crippen LogP contribution in [0.4, 0.5) is 0 Å². The molecule has 1 aromatic carbocycles. The second-order valence-electron chi connectivity index (χ2n) is 2.83. The van der Waals surface area contributed by atoms with Crippen LogP contribution in [-0.2, 0) is 40.8 Å². The van der Waals surface area contributed by atoms with Crippen molar-refractivity contribution in [3.8, 4) is 0 Å². The average Bonchev–Trinajstić information content (AvgIpc) is 2.00. The molecule has 0 unspecified atom stereocenters. The molecule has 0 heterocycles. The average molecular weight is 310 g/mol. The number of hydrogen-bond donors (Lipinski definition) is 1. The second kappa shape index (κ2) is 5.25. The normalized spacial score (nSPS) is 11.9. The molecule has 0 atom stereocenters. The Bertz CT molecular complexity index is 549. The number of benzene rings is 1. The molecule has 0 bridgehead atoms. The van der Waals surface area contributed by atoms with Crippen LogP contribution in [0.2, 0.25) is 0 Å². The number of hydrogen-bond acceptors (Lipinski definition) is 5. The van der Waals surface area contributed by atoms with Gasteiger partial charge in [-0.1, -0.05) is 17.7 Å². The summed E-state index contributed by atoms with van der Waals surface area (Å²) in [6, 6.07) is 5.49. The van der Waals surface area contributed by atoms with Crippen LogP contribution < -0.4 is 5.14 Å². The van der Waals surface area contributed by atoms with Gasteiger partial charge in [0.15, 0.2) is 0 Å². The van der Waals surface area contributed by atoms with E-state index in [1.807, 2.05) is 0 Å². The Morgan fingerprint density at radius 1 is 1.06 bits per heavy atom. The first-order chi connectivity index (χ1) is 6.71. The van der Waals surface area contributed by atoms with Gasteiger partial charge in [0.05, 0.1) is 4.90 Å². The molecule has 6 nitrogen and oxygen atoms in total. The van der Waals surface area contributed by atoms with Gasteiger partial charge < -0.3 is 0 Å². The summed E-state index contributed by atoms with van der Waals surface area (Å²) in [7, 11) is -8.88. The summed E-state index contributed by atoms with van der Waals surface area (Å²) in [5.74, 6) is 0. The summed E-state index contributed by atoms with van der Waals surface area (Å²) in [5, 5.41) is 4.46. The Balaban J connectivity index is 0.00000225. The molecule has 0 aliphatic heterocycles. The van der Waals surface area contributed by atoms with Crippen molar-refractivity contribution in [2.75, 3.05) is 0 Å². The van der Waals surface area contributed by atoms with E-state index in [9.17, 15) is 16.8 Å². The van der Waals surface area contributed by atoms with Gasteiger partial charge in [-0.2, -0.15) is 16.8 Å². The molecule has 0 aliphatic carbocycles. The molecule has 93 valence electrons. The quantitative estimate of drug-likeness (QED) is 0.839. The van der Waals surface area contributed by atoms with E-state index in [0.29, 0.717) is 0 Å². The molecular formula is C7H9CoNO5S2. The van der Waals surface area contributed by atoms with E-state index < -0.39 is 20.4 Å². The number of aryl methyl sites for hydroxylation is 1. The van der Waals surface area contributed by atoms with Crippen LogP contribution in [0.15, 0.2) is 29.2 Å². The van der Waals surface area contributed by atoms with E-state index >= 15 is 0 Å². The summed E-state index contributed by atoms with van der Waals surface area (Å²) in [6.45, 7) is 1.76. The van der Waals surface area contributed by atoms with Gasteiger partial charge in [-0.3, -0.25) is 0 Å². The minimum Gasteiger partial charge on any atom is -0.204 e. The Labute approximate surface area is 104 Å². The fourth-order valence-electron chi connectivity index (χ4n) is 0.869. The van der Waals surface area contributed by atoms with Crippen molar-refractivity contribution in [3.63, 3.8) is 0 Å². The van der Waals surface area contributed by atoms with Gasteiger partial charge >= 0.3 is 20.4 Å². The SMILES string of the molecule is Cc1ccc(S(=O)(=O)OS(N)(=O)=O)cc1.[Co]. The zero-order valence-electron chi connectivity index (χ0n) is 8.08. The van der Waals surface area contributed by atoms with E-state index in [0.717, 1.165) is 5.56 Å². The molecule has 1 aromatic rings. The summed E-state index contributed by atoms with van der Waals surface area (Å²) in [5.41, 5.74) is 0.838. The first kappa shape index (κ1) is 15.5. The van der Waals surface area contributed by atoms with E-state index in [2.05, 4.69) is 8.77 Å². The maximum absolute atomic E-state index is 11.3. The zero-order chi connectivity index (χ0) is 11.7. The van der Waals surface area contributed by atoms with Gasteiger partial charge in [0.2, 0.25) is 0 Å². The molecule has 1 rings (SSSR count). The Kier molecular flexibility index (Phi) is 5.10. The summed E-state index contributed by atoms with van der Waals surface area (Å²) >= 11 is 0. The van der Waals surface area contributed by atoms with Crippen LogP contribution in [-0.4, -0.2) is 16.8 Å². The fraction of sp³-hybridized carbons (Fsp3) is 0.143. The van der Waals surface area contributed by atoms with Crippen LogP contribution >= 0.6 is 0 Å². The van der Waals surface area contributed by atoms with Crippen LogP contribution in [0, 0.1) is 6.92 Å². The van der Waals surface area contributed by atoms with Crippen molar-refractivity contribution < 1.29 is 37.2 Å². The molecule has 0 aliphatic rings. The zero-order valence-corrected chi connectivity index (χ0v) is 10.8. The van der Waals surface area contributed by atoms with E-state index in [1.54, 1.807) is 6.92 Å². The molecule has 0 fully saturated rings. The molecule has 1 radical (unpaired) electrons. The van der Waals surface area contributed by atoms with Crippen molar-refractivity contribution in [3.05, 3.63) is 29.8 Å². The Morgan fingerprint density at radius 2 is 1.50 bits per heavy atom. The van der Waals surface area contributed by atoms with Crippen molar-refractivity contribution in [2.24, 2.45) is 5.14 Å². The largest absolute Gasteiger partial charge is 0.348 e. The van der Waals surface area contributed by atoms with Crippen molar-refractivity contribution in [1.82, 2.24) is 0 Å². The van der Waals surface area contributed by atoms with E-state index in [-0.39, 0.29) is 21.7 Å². The van der Waals surface area contributed by atoms with Crippen molar-refractivity contribution in [1.29, 1.82) is 0 Å². The predicted octanol–water partition coefficient (Wildman–Crippen LogP) is -0.0987. The maximum atomic E-state index is 11.3. The minimum absolute atomic E-state index is 0. The van der Waals surface area contributed by atoms with Crippen molar-refractivity contribution in [2.45, 2.75) is 11.8 Å². The first-order valence-electron chi connectivity index (χ1n) is 3.76. The standard InChI is InChI=1S/C7H9NO5S2.Co/c1-6-2-4-7(5-3-6)14(9,10)13-15(8,11)12;/h2-5H,1H3,(H2,8,11,12);. The van der Waals surface area contributed by atoms with Gasteiger partial charge in [0.25, 0.3) is 0 Å². The van der Waals surface area contributed by atoms with Gasteiger partial charge in [-0.05, 0) is 19.1 Å². The molecule has 16 heavy (non-hydrogen) atoms. The van der Waals surface area contributed by atoms with Crippen LogP contribution in [0.5, 0.6) is 0 Å². The molecule has 0 saturated heterocycles. The van der Waals surface area contributed by atoms with Gasteiger partial charge in [0, 0.05) is 16.8 Å². The summed E-state index contributed by atoms with van der Waals surface area (Å²) in [4.78, 5) is -0.262.